The number of carbonyl (C=O) groups is 1. The van der Waals surface area contributed by atoms with E-state index in [0.29, 0.717) is 24.0 Å². The minimum Gasteiger partial charge on any atom is -0.493 e. The summed E-state index contributed by atoms with van der Waals surface area (Å²) in [5.74, 6) is 0.768. The first-order chi connectivity index (χ1) is 11.9. The van der Waals surface area contributed by atoms with Crippen LogP contribution < -0.4 is 9.47 Å². The number of rotatable bonds is 10. The van der Waals surface area contributed by atoms with Gasteiger partial charge in [-0.25, -0.2) is 8.42 Å². The number of nitrogens with zero attached hydrogens (tertiary/aromatic N) is 1. The number of carbonyl (C=O) groups excluding carboxylic acids is 1. The molecule has 1 aromatic carbocycles. The predicted molar refractivity (Wildman–Crippen MR) is 92.3 cm³/mol. The summed E-state index contributed by atoms with van der Waals surface area (Å²) >= 11 is 0. The van der Waals surface area contributed by atoms with Crippen molar-refractivity contribution in [1.82, 2.24) is 4.31 Å². The molecule has 0 spiro atoms. The number of sulfonamides is 1. The zero-order valence-corrected chi connectivity index (χ0v) is 15.7. The Morgan fingerprint density at radius 3 is 2.44 bits per heavy atom. The number of ether oxygens (including phenoxy) is 3. The average Bonchev–Trinajstić information content (AvgIpc) is 3.42. The molecule has 0 radical (unpaired) electrons. The molecule has 0 N–H and O–H groups in total. The smallest absolute Gasteiger partial charge is 0.307 e. The maximum absolute atomic E-state index is 13.0. The van der Waals surface area contributed by atoms with Gasteiger partial charge in [0.05, 0.1) is 32.1 Å². The predicted octanol–water partition coefficient (Wildman–Crippen LogP) is 2.06. The number of benzene rings is 1. The fourth-order valence-corrected chi connectivity index (χ4v) is 4.01. The summed E-state index contributed by atoms with van der Waals surface area (Å²) in [6, 6.07) is 4.49. The second kappa shape index (κ2) is 8.53. The van der Waals surface area contributed by atoms with Gasteiger partial charge in [-0.2, -0.15) is 4.31 Å². The Bertz CT molecular complexity index is 699. The van der Waals surface area contributed by atoms with Crippen molar-refractivity contribution >= 4 is 16.0 Å². The molecule has 25 heavy (non-hydrogen) atoms. The Hall–Kier alpha value is -1.80. The van der Waals surface area contributed by atoms with E-state index in [9.17, 15) is 13.2 Å². The van der Waals surface area contributed by atoms with Crippen LogP contribution in [0.1, 0.15) is 26.2 Å². The molecule has 0 saturated heterocycles. The molecule has 140 valence electrons. The second-order valence-electron chi connectivity index (χ2n) is 5.88. The lowest BCUT2D eigenvalue weighted by molar-refractivity contribution is -0.143. The molecular weight excluding hydrogens is 346 g/mol. The third-order valence-electron chi connectivity index (χ3n) is 4.02. The molecule has 1 aliphatic rings. The van der Waals surface area contributed by atoms with Crippen LogP contribution in [0.2, 0.25) is 0 Å². The van der Waals surface area contributed by atoms with Crippen LogP contribution in [0.3, 0.4) is 0 Å². The number of esters is 1. The fourth-order valence-electron chi connectivity index (χ4n) is 2.47. The van der Waals surface area contributed by atoms with Crippen molar-refractivity contribution in [2.24, 2.45) is 5.92 Å². The Balaban J connectivity index is 2.22. The molecule has 0 amide bonds. The fraction of sp³-hybridized carbons (Fsp3) is 0.588. The molecule has 8 heteroatoms. The van der Waals surface area contributed by atoms with E-state index in [2.05, 4.69) is 0 Å². The molecule has 1 saturated carbocycles. The zero-order valence-electron chi connectivity index (χ0n) is 14.9. The van der Waals surface area contributed by atoms with Crippen LogP contribution in [0, 0.1) is 5.92 Å². The number of hydrogen-bond donors (Lipinski definition) is 0. The summed E-state index contributed by atoms with van der Waals surface area (Å²) in [6.07, 6.45) is 2.06. The Morgan fingerprint density at radius 1 is 1.20 bits per heavy atom. The first-order valence-corrected chi connectivity index (χ1v) is 9.74. The first kappa shape index (κ1) is 19.5. The monoisotopic (exact) mass is 371 g/mol. The van der Waals surface area contributed by atoms with Crippen LogP contribution in [-0.4, -0.2) is 52.6 Å². The molecule has 0 aromatic heterocycles. The van der Waals surface area contributed by atoms with Gasteiger partial charge in [-0.1, -0.05) is 0 Å². The summed E-state index contributed by atoms with van der Waals surface area (Å²) in [7, 11) is -0.788. The van der Waals surface area contributed by atoms with Gasteiger partial charge in [0.1, 0.15) is 0 Å². The maximum Gasteiger partial charge on any atom is 0.307 e. The summed E-state index contributed by atoms with van der Waals surface area (Å²) in [4.78, 5) is 11.7. The lowest BCUT2D eigenvalue weighted by atomic mass is 10.3. The van der Waals surface area contributed by atoms with Crippen LogP contribution in [0.5, 0.6) is 11.5 Å². The largest absolute Gasteiger partial charge is 0.493 e. The van der Waals surface area contributed by atoms with Crippen molar-refractivity contribution in [3.8, 4) is 11.5 Å². The molecule has 0 atom stereocenters. The third kappa shape index (κ3) is 5.09. The highest BCUT2D eigenvalue weighted by molar-refractivity contribution is 7.89. The molecular formula is C17H25NO6S. The zero-order chi connectivity index (χ0) is 18.4. The Labute approximate surface area is 148 Å². The quantitative estimate of drug-likeness (QED) is 0.586. The Morgan fingerprint density at radius 2 is 1.88 bits per heavy atom. The first-order valence-electron chi connectivity index (χ1n) is 8.30. The van der Waals surface area contributed by atoms with Crippen LogP contribution in [0.15, 0.2) is 23.1 Å². The van der Waals surface area contributed by atoms with Gasteiger partial charge in [-0.15, -0.1) is 0 Å². The minimum absolute atomic E-state index is 0.0348. The molecule has 0 bridgehead atoms. The van der Waals surface area contributed by atoms with Crippen molar-refractivity contribution in [3.05, 3.63) is 18.2 Å². The van der Waals surface area contributed by atoms with Crippen LogP contribution in [0.25, 0.3) is 0 Å². The highest BCUT2D eigenvalue weighted by Gasteiger charge is 2.32. The van der Waals surface area contributed by atoms with E-state index in [1.807, 2.05) is 0 Å². The summed E-state index contributed by atoms with van der Waals surface area (Å²) < 4.78 is 42.6. The van der Waals surface area contributed by atoms with E-state index in [0.717, 1.165) is 12.8 Å². The molecule has 1 aromatic rings. The minimum atomic E-state index is -3.73. The van der Waals surface area contributed by atoms with Gasteiger partial charge < -0.3 is 14.2 Å². The second-order valence-corrected chi connectivity index (χ2v) is 7.82. The highest BCUT2D eigenvalue weighted by atomic mass is 32.2. The van der Waals surface area contributed by atoms with Crippen molar-refractivity contribution < 1.29 is 27.4 Å². The van der Waals surface area contributed by atoms with Gasteiger partial charge in [-0.05, 0) is 37.8 Å². The molecule has 0 aliphatic heterocycles. The van der Waals surface area contributed by atoms with Crippen LogP contribution in [0.4, 0.5) is 0 Å². The van der Waals surface area contributed by atoms with Crippen LogP contribution >= 0.6 is 0 Å². The molecule has 1 aliphatic carbocycles. The highest BCUT2D eigenvalue weighted by Crippen LogP contribution is 2.34. The van der Waals surface area contributed by atoms with E-state index in [-0.39, 0.29) is 24.5 Å². The molecule has 2 rings (SSSR count). The lowest BCUT2D eigenvalue weighted by Crippen LogP contribution is -2.35. The van der Waals surface area contributed by atoms with Gasteiger partial charge in [0.15, 0.2) is 11.5 Å². The average molecular weight is 371 g/mol. The summed E-state index contributed by atoms with van der Waals surface area (Å²) in [5, 5.41) is 0. The van der Waals surface area contributed by atoms with Crippen molar-refractivity contribution in [2.45, 2.75) is 31.1 Å². The van der Waals surface area contributed by atoms with Gasteiger partial charge in [0.2, 0.25) is 10.0 Å². The SMILES string of the molecule is CCOC(=O)CCN(CC1CC1)S(=O)(=O)c1ccc(OC)c(OC)c1. The Kier molecular flexibility index (Phi) is 6.66. The molecule has 7 nitrogen and oxygen atoms in total. The van der Waals surface area contributed by atoms with E-state index in [1.54, 1.807) is 13.0 Å². The van der Waals surface area contributed by atoms with Crippen LogP contribution in [-0.2, 0) is 19.6 Å². The normalized spacial score (nSPS) is 14.4. The van der Waals surface area contributed by atoms with E-state index >= 15 is 0 Å². The van der Waals surface area contributed by atoms with Gasteiger partial charge in [0.25, 0.3) is 0 Å². The molecule has 0 unspecified atom stereocenters. The van der Waals surface area contributed by atoms with Gasteiger partial charge in [-0.3, -0.25) is 4.79 Å². The van der Waals surface area contributed by atoms with Gasteiger partial charge in [0, 0.05) is 19.2 Å². The lowest BCUT2D eigenvalue weighted by Gasteiger charge is -2.22. The molecule has 0 heterocycles. The maximum atomic E-state index is 13.0. The standard InChI is InChI=1S/C17H25NO6S/c1-4-24-17(19)9-10-18(12-13-5-6-13)25(20,21)14-7-8-15(22-2)16(11-14)23-3/h7-8,11,13H,4-6,9-10,12H2,1-3H3. The van der Waals surface area contributed by atoms with E-state index in [1.165, 1.54) is 30.7 Å². The van der Waals surface area contributed by atoms with E-state index in [4.69, 9.17) is 14.2 Å². The number of hydrogen-bond acceptors (Lipinski definition) is 6. The topological polar surface area (TPSA) is 82.1 Å². The summed E-state index contributed by atoms with van der Waals surface area (Å²) in [6.45, 7) is 2.52. The molecule has 1 fully saturated rings. The van der Waals surface area contributed by atoms with Crippen molar-refractivity contribution in [1.29, 1.82) is 0 Å². The van der Waals surface area contributed by atoms with Crippen molar-refractivity contribution in [2.75, 3.05) is 33.9 Å². The van der Waals surface area contributed by atoms with Gasteiger partial charge >= 0.3 is 5.97 Å². The summed E-state index contributed by atoms with van der Waals surface area (Å²) in [5.41, 5.74) is 0. The van der Waals surface area contributed by atoms with E-state index < -0.39 is 16.0 Å². The number of methoxy groups -OCH3 is 2. The van der Waals surface area contributed by atoms with Crippen molar-refractivity contribution in [3.63, 3.8) is 0 Å². The third-order valence-corrected chi connectivity index (χ3v) is 5.88.